The molecule has 150 valence electrons. The highest BCUT2D eigenvalue weighted by molar-refractivity contribution is 7.98. The first kappa shape index (κ1) is 20.7. The van der Waals surface area contributed by atoms with Crippen molar-refractivity contribution in [3.8, 4) is 5.75 Å². The van der Waals surface area contributed by atoms with E-state index >= 15 is 0 Å². The van der Waals surface area contributed by atoms with Gasteiger partial charge in [-0.1, -0.05) is 17.7 Å². The average molecular weight is 419 g/mol. The first-order valence-corrected chi connectivity index (χ1v) is 11.6. The smallest absolute Gasteiger partial charge is 0.245 e. The molecular weight excluding hydrogens is 392 g/mol. The van der Waals surface area contributed by atoms with E-state index in [1.807, 2.05) is 41.7 Å². The molecule has 1 aliphatic heterocycles. The molecule has 0 saturated heterocycles. The quantitative estimate of drug-likeness (QED) is 0.776. The summed E-state index contributed by atoms with van der Waals surface area (Å²) in [5, 5.41) is 6.91. The first-order chi connectivity index (χ1) is 13.5. The van der Waals surface area contributed by atoms with E-state index in [9.17, 15) is 9.59 Å². The van der Waals surface area contributed by atoms with Crippen LogP contribution in [-0.2, 0) is 16.1 Å². The van der Waals surface area contributed by atoms with Crippen LogP contribution in [0.4, 0.5) is 0 Å². The number of carbonyl (C=O) groups excluding carboxylic acids is 2. The predicted octanol–water partition coefficient (Wildman–Crippen LogP) is 3.78. The van der Waals surface area contributed by atoms with Crippen molar-refractivity contribution in [1.82, 2.24) is 10.2 Å². The number of fused-ring (bicyclic) bond motifs is 1. The van der Waals surface area contributed by atoms with Gasteiger partial charge in [0.25, 0.3) is 0 Å². The maximum Gasteiger partial charge on any atom is 0.245 e. The Morgan fingerprint density at radius 1 is 1.39 bits per heavy atom. The van der Waals surface area contributed by atoms with Crippen molar-refractivity contribution in [3.63, 3.8) is 0 Å². The summed E-state index contributed by atoms with van der Waals surface area (Å²) in [7, 11) is 0. The topological polar surface area (TPSA) is 58.6 Å². The van der Waals surface area contributed by atoms with Crippen LogP contribution in [0, 0.1) is 6.92 Å². The normalized spacial score (nSPS) is 17.2. The van der Waals surface area contributed by atoms with Crippen molar-refractivity contribution in [3.05, 3.63) is 51.7 Å². The number of rotatable bonds is 6. The number of thiophene rings is 1. The minimum absolute atomic E-state index is 0.0533. The zero-order valence-electron chi connectivity index (χ0n) is 16.4. The number of hydrogen-bond donors (Lipinski definition) is 1. The summed E-state index contributed by atoms with van der Waals surface area (Å²) < 4.78 is 6.30. The van der Waals surface area contributed by atoms with Gasteiger partial charge in [0.15, 0.2) is 0 Å². The highest BCUT2D eigenvalue weighted by Gasteiger charge is 2.31. The molecule has 0 fully saturated rings. The summed E-state index contributed by atoms with van der Waals surface area (Å²) in [4.78, 5) is 26.8. The number of amides is 2. The summed E-state index contributed by atoms with van der Waals surface area (Å²) in [6, 6.07) is 7.60. The number of hydrogen-bond acceptors (Lipinski definition) is 5. The van der Waals surface area contributed by atoms with Crippen LogP contribution in [-0.4, -0.2) is 41.3 Å². The lowest BCUT2D eigenvalue weighted by atomic mass is 10.1. The molecule has 28 heavy (non-hydrogen) atoms. The van der Waals surface area contributed by atoms with Gasteiger partial charge in [-0.15, -0.1) is 0 Å². The Hall–Kier alpha value is -1.99. The van der Waals surface area contributed by atoms with Gasteiger partial charge in [-0.25, -0.2) is 0 Å². The van der Waals surface area contributed by atoms with Gasteiger partial charge in [0, 0.05) is 24.6 Å². The Balaban J connectivity index is 1.90. The predicted molar refractivity (Wildman–Crippen MR) is 115 cm³/mol. The van der Waals surface area contributed by atoms with E-state index in [0.717, 1.165) is 28.2 Å². The molecule has 0 saturated carbocycles. The van der Waals surface area contributed by atoms with Crippen LogP contribution in [0.25, 0.3) is 0 Å². The summed E-state index contributed by atoms with van der Waals surface area (Å²) in [6.45, 7) is 4.43. The van der Waals surface area contributed by atoms with E-state index in [1.165, 1.54) is 6.92 Å². The molecule has 2 amide bonds. The number of ether oxygens (including phenoxy) is 1. The third-order valence-electron chi connectivity index (χ3n) is 4.75. The number of nitrogens with one attached hydrogen (secondary N) is 1. The van der Waals surface area contributed by atoms with Gasteiger partial charge >= 0.3 is 0 Å². The maximum absolute atomic E-state index is 13.4. The summed E-state index contributed by atoms with van der Waals surface area (Å²) in [5.41, 5.74) is 3.19. The molecule has 2 heterocycles. The monoisotopic (exact) mass is 418 g/mol. The number of aryl methyl sites for hydroxylation is 1. The lowest BCUT2D eigenvalue weighted by Crippen LogP contribution is -2.49. The minimum atomic E-state index is -0.514. The van der Waals surface area contributed by atoms with E-state index in [2.05, 4.69) is 16.8 Å². The fourth-order valence-electron chi connectivity index (χ4n) is 3.37. The Bertz CT molecular complexity index is 823. The Morgan fingerprint density at radius 2 is 2.21 bits per heavy atom. The van der Waals surface area contributed by atoms with E-state index in [-0.39, 0.29) is 17.9 Å². The Kier molecular flexibility index (Phi) is 7.02. The van der Waals surface area contributed by atoms with Gasteiger partial charge in [0.1, 0.15) is 17.9 Å². The Labute approximate surface area is 174 Å². The molecule has 1 N–H and O–H groups in total. The van der Waals surface area contributed by atoms with Crippen LogP contribution >= 0.6 is 23.1 Å². The van der Waals surface area contributed by atoms with Crippen LogP contribution in [0.5, 0.6) is 5.75 Å². The van der Waals surface area contributed by atoms with Gasteiger partial charge < -0.3 is 15.0 Å². The van der Waals surface area contributed by atoms with Crippen molar-refractivity contribution in [1.29, 1.82) is 0 Å². The van der Waals surface area contributed by atoms with Crippen molar-refractivity contribution in [2.45, 2.75) is 39.0 Å². The lowest BCUT2D eigenvalue weighted by molar-refractivity contribution is -0.137. The number of nitrogens with zero attached hydrogens (tertiary/aromatic N) is 1. The van der Waals surface area contributed by atoms with E-state index < -0.39 is 6.04 Å². The van der Waals surface area contributed by atoms with Crippen LogP contribution in [0.3, 0.4) is 0 Å². The summed E-state index contributed by atoms with van der Waals surface area (Å²) >= 11 is 3.28. The Morgan fingerprint density at radius 3 is 2.89 bits per heavy atom. The van der Waals surface area contributed by atoms with Gasteiger partial charge in [0.05, 0.1) is 6.54 Å². The maximum atomic E-state index is 13.4. The van der Waals surface area contributed by atoms with Crippen LogP contribution in [0.2, 0.25) is 0 Å². The summed E-state index contributed by atoms with van der Waals surface area (Å²) in [6.07, 6.45) is 2.39. The van der Waals surface area contributed by atoms with Crippen molar-refractivity contribution < 1.29 is 14.3 Å². The molecule has 0 bridgehead atoms. The molecule has 3 rings (SSSR count). The van der Waals surface area contributed by atoms with Crippen LogP contribution in [0.15, 0.2) is 35.0 Å². The zero-order valence-corrected chi connectivity index (χ0v) is 18.1. The average Bonchev–Trinajstić information content (AvgIpc) is 3.12. The molecule has 2 aromatic rings. The third kappa shape index (κ3) is 5.08. The molecule has 5 nitrogen and oxygen atoms in total. The molecule has 1 aromatic heterocycles. The molecule has 0 spiro atoms. The van der Waals surface area contributed by atoms with Gasteiger partial charge in [-0.2, -0.15) is 23.1 Å². The van der Waals surface area contributed by atoms with Crippen LogP contribution in [0.1, 0.15) is 36.1 Å². The lowest BCUT2D eigenvalue weighted by Gasteiger charge is -2.28. The third-order valence-corrected chi connectivity index (χ3v) is 6.09. The van der Waals surface area contributed by atoms with Crippen molar-refractivity contribution in [2.75, 3.05) is 18.6 Å². The molecule has 0 aliphatic carbocycles. The molecular formula is C21H26N2O3S2. The SMILES string of the molecule is CSCC[C@H](NC(C)=O)C(=O)N1Cc2cc(C)ccc2OC(c2ccsc2)C1. The van der Waals surface area contributed by atoms with Gasteiger partial charge in [-0.05, 0) is 48.2 Å². The molecule has 1 aliphatic rings. The van der Waals surface area contributed by atoms with Crippen molar-refractivity contribution in [2.24, 2.45) is 0 Å². The second kappa shape index (κ2) is 9.47. The first-order valence-electron chi connectivity index (χ1n) is 9.31. The largest absolute Gasteiger partial charge is 0.483 e. The highest BCUT2D eigenvalue weighted by Crippen LogP contribution is 2.33. The second-order valence-electron chi connectivity index (χ2n) is 7.03. The van der Waals surface area contributed by atoms with Crippen molar-refractivity contribution >= 4 is 34.9 Å². The number of thioether (sulfide) groups is 1. The molecule has 1 unspecified atom stereocenters. The van der Waals surface area contributed by atoms with E-state index in [0.29, 0.717) is 19.5 Å². The standard InChI is InChI=1S/C21H26N2O3S2/c1-14-4-5-19-17(10-14)11-23(12-20(26-19)16-6-9-28-13-16)21(25)18(7-8-27-3)22-15(2)24/h4-6,9-10,13,18,20H,7-8,11-12H2,1-3H3,(H,22,24)/t18-,20?/m0/s1. The molecule has 0 radical (unpaired) electrons. The second-order valence-corrected chi connectivity index (χ2v) is 8.79. The van der Waals surface area contributed by atoms with Gasteiger partial charge in [0.2, 0.25) is 11.8 Å². The molecule has 1 aromatic carbocycles. The minimum Gasteiger partial charge on any atom is -0.483 e. The van der Waals surface area contributed by atoms with Gasteiger partial charge in [-0.3, -0.25) is 9.59 Å². The molecule has 2 atom stereocenters. The van der Waals surface area contributed by atoms with E-state index in [1.54, 1.807) is 23.1 Å². The zero-order chi connectivity index (χ0) is 20.1. The number of benzene rings is 1. The fraction of sp³-hybridized carbons (Fsp3) is 0.429. The molecule has 7 heteroatoms. The summed E-state index contributed by atoms with van der Waals surface area (Å²) in [5.74, 6) is 1.39. The van der Waals surface area contributed by atoms with E-state index in [4.69, 9.17) is 4.74 Å². The fourth-order valence-corrected chi connectivity index (χ4v) is 4.54. The number of carbonyl (C=O) groups is 2. The van der Waals surface area contributed by atoms with Crippen LogP contribution < -0.4 is 10.1 Å². The highest BCUT2D eigenvalue weighted by atomic mass is 32.2.